The Kier molecular flexibility index (Phi) is 7.34. The lowest BCUT2D eigenvalue weighted by molar-refractivity contribution is -0.181. The molecule has 3 rings (SSSR count). The van der Waals surface area contributed by atoms with Crippen molar-refractivity contribution in [1.29, 1.82) is 0 Å². The lowest BCUT2D eigenvalue weighted by atomic mass is 9.89. The summed E-state index contributed by atoms with van der Waals surface area (Å²) < 4.78 is 49.6. The van der Waals surface area contributed by atoms with Gasteiger partial charge in [-0.1, -0.05) is 19.1 Å². The van der Waals surface area contributed by atoms with E-state index in [2.05, 4.69) is 0 Å². The van der Waals surface area contributed by atoms with E-state index in [0.717, 1.165) is 12.1 Å². The van der Waals surface area contributed by atoms with Crippen LogP contribution in [0.15, 0.2) is 24.3 Å². The Hall–Kier alpha value is -2.33. The molecule has 0 radical (unpaired) electrons. The van der Waals surface area contributed by atoms with Gasteiger partial charge in [-0.15, -0.1) is 0 Å². The van der Waals surface area contributed by atoms with Crippen molar-refractivity contribution in [2.45, 2.75) is 44.1 Å². The third-order valence-electron chi connectivity index (χ3n) is 6.22. The average Bonchev–Trinajstić information content (AvgIpc) is 3.20. The molecule has 2 aliphatic rings. The molecule has 10 heteroatoms. The highest BCUT2D eigenvalue weighted by Gasteiger charge is 2.41. The minimum atomic E-state index is -4.42. The van der Waals surface area contributed by atoms with Crippen molar-refractivity contribution in [1.82, 2.24) is 9.80 Å². The summed E-state index contributed by atoms with van der Waals surface area (Å²) >= 11 is 0. The first-order valence-electron chi connectivity index (χ1n) is 10.7. The monoisotopic (exact) mass is 458 g/mol. The Morgan fingerprint density at radius 2 is 1.72 bits per heavy atom. The van der Waals surface area contributed by atoms with Crippen LogP contribution >= 0.6 is 0 Å². The van der Waals surface area contributed by atoms with Crippen LogP contribution in [0.4, 0.5) is 18.0 Å². The first-order valence-corrected chi connectivity index (χ1v) is 10.7. The fourth-order valence-corrected chi connectivity index (χ4v) is 4.29. The number of ether oxygens (including phenoxy) is 2. The molecule has 178 valence electrons. The minimum absolute atomic E-state index is 0.00772. The molecule has 1 aromatic carbocycles. The van der Waals surface area contributed by atoms with E-state index >= 15 is 0 Å². The van der Waals surface area contributed by atoms with Crippen LogP contribution in [-0.2, 0) is 20.4 Å². The van der Waals surface area contributed by atoms with Gasteiger partial charge in [-0.05, 0) is 30.0 Å². The predicted octanol–water partition coefficient (Wildman–Crippen LogP) is 3.79. The van der Waals surface area contributed by atoms with Crippen LogP contribution in [0.25, 0.3) is 0 Å². The minimum Gasteiger partial charge on any atom is -0.481 e. The van der Waals surface area contributed by atoms with Gasteiger partial charge in [-0.2, -0.15) is 13.2 Å². The third-order valence-corrected chi connectivity index (χ3v) is 6.22. The highest BCUT2D eigenvalue weighted by Crippen LogP contribution is 2.33. The van der Waals surface area contributed by atoms with E-state index in [-0.39, 0.29) is 24.9 Å². The fourth-order valence-electron chi connectivity index (χ4n) is 4.29. The standard InChI is InChI=1S/C22H29F3N2O5/c1-15(16-3-5-18(6-4-16)22(23,24)25)13-17(19(28)29)14-26(2)20(30)27-9-7-21(8-10-27)31-11-12-32-21/h3-6,15,17H,7-14H2,1-2H3,(H,28,29). The summed E-state index contributed by atoms with van der Waals surface area (Å²) in [4.78, 5) is 27.7. The topological polar surface area (TPSA) is 79.3 Å². The molecule has 1 spiro atoms. The lowest BCUT2D eigenvalue weighted by Crippen LogP contribution is -2.51. The quantitative estimate of drug-likeness (QED) is 0.702. The van der Waals surface area contributed by atoms with Crippen molar-refractivity contribution < 1.29 is 37.3 Å². The highest BCUT2D eigenvalue weighted by atomic mass is 19.4. The maximum absolute atomic E-state index is 12.8. The molecule has 2 aliphatic heterocycles. The number of carboxylic acid groups (broad SMARTS) is 1. The van der Waals surface area contributed by atoms with E-state index in [4.69, 9.17) is 9.47 Å². The summed E-state index contributed by atoms with van der Waals surface area (Å²) in [6.45, 7) is 3.79. The summed E-state index contributed by atoms with van der Waals surface area (Å²) in [6, 6.07) is 4.48. The normalized spacial score (nSPS) is 20.2. The Labute approximate surface area is 185 Å². The summed E-state index contributed by atoms with van der Waals surface area (Å²) in [7, 11) is 1.56. The zero-order chi connectivity index (χ0) is 23.5. The number of carboxylic acids is 1. The Bertz CT molecular complexity index is 799. The molecule has 0 bridgehead atoms. The number of piperidine rings is 1. The van der Waals surface area contributed by atoms with Crippen LogP contribution in [0.5, 0.6) is 0 Å². The number of alkyl halides is 3. The molecule has 1 N–H and O–H groups in total. The van der Waals surface area contributed by atoms with Crippen molar-refractivity contribution in [2.24, 2.45) is 5.92 Å². The smallest absolute Gasteiger partial charge is 0.416 e. The molecule has 2 saturated heterocycles. The van der Waals surface area contributed by atoms with Crippen molar-refractivity contribution in [3.8, 4) is 0 Å². The number of rotatable bonds is 6. The highest BCUT2D eigenvalue weighted by molar-refractivity contribution is 5.76. The zero-order valence-electron chi connectivity index (χ0n) is 18.2. The number of carbonyl (C=O) groups is 2. The van der Waals surface area contributed by atoms with Gasteiger partial charge in [0.25, 0.3) is 0 Å². The number of urea groups is 1. The summed E-state index contributed by atoms with van der Waals surface area (Å²) in [5.41, 5.74) is -0.124. The largest absolute Gasteiger partial charge is 0.481 e. The zero-order valence-corrected chi connectivity index (χ0v) is 18.2. The van der Waals surface area contributed by atoms with Crippen LogP contribution in [0.3, 0.4) is 0 Å². The molecule has 2 amide bonds. The van der Waals surface area contributed by atoms with E-state index < -0.39 is 29.4 Å². The molecule has 2 fully saturated rings. The molecule has 2 heterocycles. The van der Waals surface area contributed by atoms with Crippen LogP contribution < -0.4 is 0 Å². The van der Waals surface area contributed by atoms with Crippen LogP contribution in [-0.4, -0.2) is 72.6 Å². The number of amides is 2. The molecule has 0 aromatic heterocycles. The van der Waals surface area contributed by atoms with Gasteiger partial charge in [0.15, 0.2) is 5.79 Å². The Morgan fingerprint density at radius 1 is 1.16 bits per heavy atom. The molecule has 1 aromatic rings. The first-order chi connectivity index (χ1) is 15.0. The van der Waals surface area contributed by atoms with Crippen LogP contribution in [0, 0.1) is 5.92 Å². The molecule has 2 atom stereocenters. The van der Waals surface area contributed by atoms with E-state index in [9.17, 15) is 27.9 Å². The number of carbonyl (C=O) groups excluding carboxylic acids is 1. The number of aliphatic carboxylic acids is 1. The van der Waals surface area contributed by atoms with Gasteiger partial charge in [0, 0.05) is 39.5 Å². The van der Waals surface area contributed by atoms with Crippen LogP contribution in [0.2, 0.25) is 0 Å². The maximum Gasteiger partial charge on any atom is 0.416 e. The fraction of sp³-hybridized carbons (Fsp3) is 0.636. The third kappa shape index (κ3) is 5.72. The molecular formula is C22H29F3N2O5. The first kappa shape index (κ1) is 24.3. The van der Waals surface area contributed by atoms with Gasteiger partial charge in [0.1, 0.15) is 0 Å². The summed E-state index contributed by atoms with van der Waals surface area (Å²) in [5, 5.41) is 9.67. The number of halogens is 3. The van der Waals surface area contributed by atoms with Gasteiger partial charge < -0.3 is 24.4 Å². The van der Waals surface area contributed by atoms with Gasteiger partial charge in [-0.25, -0.2) is 4.79 Å². The van der Waals surface area contributed by atoms with Crippen molar-refractivity contribution in [3.63, 3.8) is 0 Å². The maximum atomic E-state index is 12.8. The van der Waals surface area contributed by atoms with Gasteiger partial charge in [-0.3, -0.25) is 4.79 Å². The molecule has 0 aliphatic carbocycles. The van der Waals surface area contributed by atoms with Crippen molar-refractivity contribution >= 4 is 12.0 Å². The van der Waals surface area contributed by atoms with E-state index in [1.165, 1.54) is 17.0 Å². The molecule has 0 saturated carbocycles. The summed E-state index contributed by atoms with van der Waals surface area (Å²) in [5.74, 6) is -2.78. The Morgan fingerprint density at radius 3 is 2.22 bits per heavy atom. The second-order valence-electron chi connectivity index (χ2n) is 8.55. The number of hydrogen-bond donors (Lipinski definition) is 1. The molecular weight excluding hydrogens is 429 g/mol. The Balaban J connectivity index is 1.56. The van der Waals surface area contributed by atoms with E-state index in [0.29, 0.717) is 44.7 Å². The number of nitrogens with zero attached hydrogens (tertiary/aromatic N) is 2. The number of hydrogen-bond acceptors (Lipinski definition) is 4. The van der Waals surface area contributed by atoms with Gasteiger partial charge in [0.05, 0.1) is 24.7 Å². The summed E-state index contributed by atoms with van der Waals surface area (Å²) in [6.07, 6.45) is -3.08. The van der Waals surface area contributed by atoms with Gasteiger partial charge >= 0.3 is 18.2 Å². The molecule has 2 unspecified atom stereocenters. The van der Waals surface area contributed by atoms with Crippen molar-refractivity contribution in [3.05, 3.63) is 35.4 Å². The van der Waals surface area contributed by atoms with E-state index in [1.807, 2.05) is 0 Å². The van der Waals surface area contributed by atoms with E-state index in [1.54, 1.807) is 18.9 Å². The molecule has 7 nitrogen and oxygen atoms in total. The average molecular weight is 458 g/mol. The second-order valence-corrected chi connectivity index (χ2v) is 8.55. The lowest BCUT2D eigenvalue weighted by Gasteiger charge is -2.39. The van der Waals surface area contributed by atoms with Crippen molar-refractivity contribution in [2.75, 3.05) is 39.9 Å². The van der Waals surface area contributed by atoms with Gasteiger partial charge in [0.2, 0.25) is 0 Å². The predicted molar refractivity (Wildman–Crippen MR) is 109 cm³/mol. The second kappa shape index (κ2) is 9.66. The number of benzene rings is 1. The van der Waals surface area contributed by atoms with Crippen LogP contribution in [0.1, 0.15) is 43.2 Å². The molecule has 32 heavy (non-hydrogen) atoms. The number of likely N-dealkylation sites (tertiary alicyclic amines) is 1. The SMILES string of the molecule is CC(CC(CN(C)C(=O)N1CCC2(CC1)OCCO2)C(=O)O)c1ccc(C(F)(F)F)cc1.